The number of hydrogen-bond acceptors (Lipinski definition) is 7. The molecule has 1 aromatic heterocycles. The van der Waals surface area contributed by atoms with E-state index < -0.39 is 23.5 Å². The zero-order chi connectivity index (χ0) is 30.0. The molecule has 1 saturated heterocycles. The number of aromatic nitrogens is 1. The molecular formula is C32H48N4O4S. The topological polar surface area (TPSA) is 126 Å². The number of nitrogens with one attached hydrogen (secondary N) is 1. The van der Waals surface area contributed by atoms with Crippen LogP contribution < -0.4 is 11.1 Å². The van der Waals surface area contributed by atoms with Gasteiger partial charge in [-0.1, -0.05) is 70.7 Å². The lowest BCUT2D eigenvalue weighted by Gasteiger charge is -2.34. The van der Waals surface area contributed by atoms with Crippen molar-refractivity contribution >= 4 is 28.9 Å². The third-order valence-electron chi connectivity index (χ3n) is 7.98. The van der Waals surface area contributed by atoms with E-state index >= 15 is 0 Å². The van der Waals surface area contributed by atoms with Gasteiger partial charge in [0.1, 0.15) is 11.8 Å². The second-order valence-electron chi connectivity index (χ2n) is 12.4. The summed E-state index contributed by atoms with van der Waals surface area (Å²) in [5, 5.41) is 13.4. The highest BCUT2D eigenvalue weighted by atomic mass is 32.1. The minimum atomic E-state index is -0.771. The molecule has 0 spiro atoms. The van der Waals surface area contributed by atoms with Gasteiger partial charge in [0.05, 0.1) is 22.2 Å². The van der Waals surface area contributed by atoms with E-state index in [0.29, 0.717) is 13.0 Å². The van der Waals surface area contributed by atoms with Crippen molar-refractivity contribution in [3.63, 3.8) is 0 Å². The molecule has 2 heterocycles. The van der Waals surface area contributed by atoms with Crippen LogP contribution in [0.4, 0.5) is 0 Å². The van der Waals surface area contributed by atoms with Crippen molar-refractivity contribution in [2.75, 3.05) is 13.1 Å². The third kappa shape index (κ3) is 9.72. The van der Waals surface area contributed by atoms with E-state index in [1.807, 2.05) is 57.5 Å². The summed E-state index contributed by atoms with van der Waals surface area (Å²) >= 11 is 1.60. The minimum Gasteiger partial charge on any atom is -0.391 e. The van der Waals surface area contributed by atoms with Crippen LogP contribution in [0.5, 0.6) is 0 Å². The van der Waals surface area contributed by atoms with Crippen LogP contribution in [0.1, 0.15) is 89.8 Å². The van der Waals surface area contributed by atoms with Gasteiger partial charge in [-0.3, -0.25) is 14.4 Å². The summed E-state index contributed by atoms with van der Waals surface area (Å²) in [6.45, 7) is 9.00. The molecule has 0 radical (unpaired) electrons. The lowest BCUT2D eigenvalue weighted by Crippen LogP contribution is -2.50. The number of Topliss-reactive ketones (excluding diaryl/α,β-unsaturated/α-hetero) is 1. The van der Waals surface area contributed by atoms with Crippen LogP contribution in [-0.4, -0.2) is 57.8 Å². The SMILES string of the molecule is Cc1ncsc1-c1ccc(CNC(=O)[C@@H]2C[C@@H](O)CN2C(=O)[C@@H](CC(=O)CCCCCCCCN)C(C)(C)C)cc1. The first kappa shape index (κ1) is 32.9. The highest BCUT2D eigenvalue weighted by molar-refractivity contribution is 7.13. The maximum absolute atomic E-state index is 13.8. The Bertz CT molecular complexity index is 1140. The predicted octanol–water partition coefficient (Wildman–Crippen LogP) is 5.01. The Morgan fingerprint density at radius 1 is 1.10 bits per heavy atom. The van der Waals surface area contributed by atoms with Crippen LogP contribution in [-0.2, 0) is 20.9 Å². The molecule has 4 N–H and O–H groups in total. The van der Waals surface area contributed by atoms with Gasteiger partial charge >= 0.3 is 0 Å². The van der Waals surface area contributed by atoms with Crippen LogP contribution in [0.2, 0.25) is 0 Å². The van der Waals surface area contributed by atoms with Gasteiger partial charge in [0.15, 0.2) is 0 Å². The molecule has 0 aliphatic carbocycles. The molecule has 0 bridgehead atoms. The Morgan fingerprint density at radius 3 is 2.37 bits per heavy atom. The summed E-state index contributed by atoms with van der Waals surface area (Å²) in [5.74, 6) is -0.986. The smallest absolute Gasteiger partial charge is 0.243 e. The van der Waals surface area contributed by atoms with Gasteiger partial charge in [0.25, 0.3) is 0 Å². The van der Waals surface area contributed by atoms with E-state index in [1.165, 1.54) is 4.90 Å². The van der Waals surface area contributed by atoms with E-state index in [4.69, 9.17) is 5.73 Å². The van der Waals surface area contributed by atoms with E-state index in [0.717, 1.165) is 66.8 Å². The normalized spacial score (nSPS) is 18.0. The zero-order valence-corrected chi connectivity index (χ0v) is 26.0. The van der Waals surface area contributed by atoms with Crippen LogP contribution in [0.3, 0.4) is 0 Å². The molecule has 1 aliphatic rings. The first-order valence-corrected chi connectivity index (χ1v) is 15.9. The number of nitrogens with two attached hydrogens (primary N) is 1. The molecule has 0 saturated carbocycles. The zero-order valence-electron chi connectivity index (χ0n) is 25.2. The van der Waals surface area contributed by atoms with Gasteiger partial charge in [-0.05, 0) is 42.9 Å². The highest BCUT2D eigenvalue weighted by Gasteiger charge is 2.44. The summed E-state index contributed by atoms with van der Waals surface area (Å²) in [4.78, 5) is 46.8. The molecule has 41 heavy (non-hydrogen) atoms. The number of aryl methyl sites for hydroxylation is 1. The first-order chi connectivity index (χ1) is 19.5. The van der Waals surface area contributed by atoms with E-state index in [9.17, 15) is 19.5 Å². The van der Waals surface area contributed by atoms with E-state index in [1.54, 1.807) is 11.3 Å². The van der Waals surface area contributed by atoms with Gasteiger partial charge < -0.3 is 21.1 Å². The maximum atomic E-state index is 13.8. The van der Waals surface area contributed by atoms with Gasteiger partial charge in [-0.2, -0.15) is 0 Å². The lowest BCUT2D eigenvalue weighted by atomic mass is 9.76. The Hall–Kier alpha value is -2.62. The van der Waals surface area contributed by atoms with Gasteiger partial charge in [0.2, 0.25) is 11.8 Å². The lowest BCUT2D eigenvalue weighted by molar-refractivity contribution is -0.146. The number of unbranched alkanes of at least 4 members (excludes halogenated alkanes) is 5. The summed E-state index contributed by atoms with van der Waals surface area (Å²) in [7, 11) is 0. The summed E-state index contributed by atoms with van der Waals surface area (Å²) in [6, 6.07) is 7.23. The molecule has 2 amide bonds. The van der Waals surface area contributed by atoms with Crippen molar-refractivity contribution < 1.29 is 19.5 Å². The number of carbonyl (C=O) groups excluding carboxylic acids is 3. The van der Waals surface area contributed by atoms with Crippen molar-refractivity contribution in [2.45, 2.75) is 104 Å². The highest BCUT2D eigenvalue weighted by Crippen LogP contribution is 2.34. The Labute approximate surface area is 249 Å². The number of benzene rings is 1. The number of hydrogen-bond donors (Lipinski definition) is 3. The molecule has 3 atom stereocenters. The molecule has 1 aliphatic heterocycles. The van der Waals surface area contributed by atoms with Crippen molar-refractivity contribution in [1.29, 1.82) is 0 Å². The summed E-state index contributed by atoms with van der Waals surface area (Å²) < 4.78 is 0. The Balaban J connectivity index is 1.57. The number of amides is 2. The second kappa shape index (κ2) is 15.6. The monoisotopic (exact) mass is 584 g/mol. The van der Waals surface area contributed by atoms with Gasteiger partial charge in [0, 0.05) is 38.3 Å². The fourth-order valence-corrected chi connectivity index (χ4v) is 6.24. The molecule has 226 valence electrons. The predicted molar refractivity (Wildman–Crippen MR) is 164 cm³/mol. The van der Waals surface area contributed by atoms with Crippen molar-refractivity contribution in [1.82, 2.24) is 15.2 Å². The summed E-state index contributed by atoms with van der Waals surface area (Å²) in [6.07, 6.45) is 6.25. The molecule has 0 unspecified atom stereocenters. The second-order valence-corrected chi connectivity index (χ2v) is 13.3. The number of rotatable bonds is 15. The number of β-amino-alcohol motifs (C(OH)–C–C–N with tert-alkyl or cyclic N) is 1. The number of likely N-dealkylation sites (tertiary alicyclic amines) is 1. The third-order valence-corrected chi connectivity index (χ3v) is 8.96. The fraction of sp³-hybridized carbons (Fsp3) is 0.625. The van der Waals surface area contributed by atoms with Crippen LogP contribution in [0.25, 0.3) is 10.4 Å². The molecule has 1 fully saturated rings. The van der Waals surface area contributed by atoms with Gasteiger partial charge in [-0.15, -0.1) is 11.3 Å². The molecule has 2 aromatic rings. The molecule has 1 aromatic carbocycles. The van der Waals surface area contributed by atoms with E-state index in [2.05, 4.69) is 10.3 Å². The number of thiazole rings is 1. The largest absolute Gasteiger partial charge is 0.391 e. The molecule has 9 heteroatoms. The average Bonchev–Trinajstić information content (AvgIpc) is 3.54. The number of aliphatic hydroxyl groups excluding tert-OH is 1. The minimum absolute atomic E-state index is 0.0814. The number of nitrogens with zero attached hydrogens (tertiary/aromatic N) is 2. The Morgan fingerprint density at radius 2 is 1.76 bits per heavy atom. The molecular weight excluding hydrogens is 536 g/mol. The quantitative estimate of drug-likeness (QED) is 0.253. The number of ketones is 1. The number of carbonyl (C=O) groups is 3. The molecule has 3 rings (SSSR count). The van der Waals surface area contributed by atoms with Crippen LogP contribution >= 0.6 is 11.3 Å². The van der Waals surface area contributed by atoms with Crippen LogP contribution in [0.15, 0.2) is 29.8 Å². The van der Waals surface area contributed by atoms with Crippen LogP contribution in [0, 0.1) is 18.3 Å². The Kier molecular flexibility index (Phi) is 12.5. The van der Waals surface area contributed by atoms with Gasteiger partial charge in [-0.25, -0.2) is 4.98 Å². The van der Waals surface area contributed by atoms with Crippen molar-refractivity contribution in [2.24, 2.45) is 17.1 Å². The maximum Gasteiger partial charge on any atom is 0.243 e. The summed E-state index contributed by atoms with van der Waals surface area (Å²) in [5.41, 5.74) is 9.93. The van der Waals surface area contributed by atoms with E-state index in [-0.39, 0.29) is 37.0 Å². The first-order valence-electron chi connectivity index (χ1n) is 15.0. The van der Waals surface area contributed by atoms with Crippen molar-refractivity contribution in [3.05, 3.63) is 41.0 Å². The fourth-order valence-electron chi connectivity index (χ4n) is 5.43. The molecule has 8 nitrogen and oxygen atoms in total. The number of aliphatic hydroxyl groups is 1. The standard InChI is InChI=1S/C32H48N4O4S/c1-22-29(41-21-35-22)24-14-12-23(13-15-24)19-34-30(39)28-18-26(38)20-36(28)31(40)27(32(2,3)4)17-25(37)11-9-7-5-6-8-10-16-33/h12-15,21,26-28,38H,5-11,16-20,33H2,1-4H3,(H,34,39)/t26-,27-,28+/m1/s1. The average molecular weight is 585 g/mol. The van der Waals surface area contributed by atoms with Crippen molar-refractivity contribution in [3.8, 4) is 10.4 Å².